The van der Waals surface area contributed by atoms with Crippen LogP contribution in [0.25, 0.3) is 0 Å². The summed E-state index contributed by atoms with van der Waals surface area (Å²) in [4.78, 5) is 0. The Morgan fingerprint density at radius 2 is 2.00 bits per heavy atom. The van der Waals surface area contributed by atoms with Gasteiger partial charge < -0.3 is 0 Å². The van der Waals surface area contributed by atoms with Crippen molar-refractivity contribution in [2.45, 2.75) is 32.8 Å². The number of hydrogen-bond donors (Lipinski definition) is 0. The van der Waals surface area contributed by atoms with Crippen LogP contribution >= 0.6 is 15.9 Å². The molecule has 0 spiro atoms. The van der Waals surface area contributed by atoms with Gasteiger partial charge in [0.2, 0.25) is 0 Å². The molecule has 0 N–H and O–H groups in total. The molecule has 1 atom stereocenters. The van der Waals surface area contributed by atoms with Crippen LogP contribution in [0.1, 0.15) is 26.7 Å². The van der Waals surface area contributed by atoms with Gasteiger partial charge in [0, 0.05) is 5.33 Å². The van der Waals surface area contributed by atoms with E-state index in [9.17, 15) is 5.11 Å². The lowest BCUT2D eigenvalue weighted by molar-refractivity contribution is 0.0424. The molecule has 2 heteroatoms. The topological polar surface area (TPSA) is 19.9 Å². The first-order valence-electron chi connectivity index (χ1n) is 3.40. The lowest BCUT2D eigenvalue weighted by atomic mass is 10.0. The zero-order valence-electron chi connectivity index (χ0n) is 6.06. The van der Waals surface area contributed by atoms with E-state index < -0.39 is 0 Å². The van der Waals surface area contributed by atoms with E-state index in [1.165, 1.54) is 0 Å². The molecule has 0 aliphatic heterocycles. The molecule has 0 rings (SSSR count). The highest BCUT2D eigenvalue weighted by Crippen LogP contribution is 2.09. The summed E-state index contributed by atoms with van der Waals surface area (Å²) in [5.41, 5.74) is 0. The highest BCUT2D eigenvalue weighted by molar-refractivity contribution is 9.09. The Bertz CT molecular complexity index is 63.9. The Kier molecular flexibility index (Phi) is 5.50. The molecule has 0 aliphatic carbocycles. The maximum Gasteiger partial charge on any atom is 0.0953 e. The second-order valence-corrected chi connectivity index (χ2v) is 3.41. The molecule has 0 aromatic carbocycles. The van der Waals surface area contributed by atoms with Crippen molar-refractivity contribution in [3.05, 3.63) is 0 Å². The molecular formula is C7H14BrO. The van der Waals surface area contributed by atoms with Gasteiger partial charge in [0.25, 0.3) is 0 Å². The van der Waals surface area contributed by atoms with E-state index in [2.05, 4.69) is 15.9 Å². The molecule has 0 fully saturated rings. The van der Waals surface area contributed by atoms with Crippen molar-refractivity contribution in [1.29, 1.82) is 0 Å². The highest BCUT2D eigenvalue weighted by atomic mass is 79.9. The van der Waals surface area contributed by atoms with E-state index >= 15 is 0 Å². The predicted molar refractivity (Wildman–Crippen MR) is 42.3 cm³/mol. The van der Waals surface area contributed by atoms with Crippen molar-refractivity contribution in [2.75, 3.05) is 5.33 Å². The molecule has 0 saturated heterocycles. The van der Waals surface area contributed by atoms with Gasteiger partial charge in [-0.3, -0.25) is 0 Å². The summed E-state index contributed by atoms with van der Waals surface area (Å²) in [5, 5.41) is 11.9. The molecule has 1 unspecified atom stereocenters. The third-order valence-corrected chi connectivity index (χ3v) is 1.93. The lowest BCUT2D eigenvalue weighted by Crippen LogP contribution is -2.12. The van der Waals surface area contributed by atoms with Crippen LogP contribution in [-0.4, -0.2) is 11.4 Å². The first kappa shape index (κ1) is 9.44. The van der Waals surface area contributed by atoms with Gasteiger partial charge in [0.05, 0.1) is 6.10 Å². The molecule has 0 saturated carbocycles. The largest absolute Gasteiger partial charge is 0.233 e. The van der Waals surface area contributed by atoms with Gasteiger partial charge in [0.15, 0.2) is 0 Å². The van der Waals surface area contributed by atoms with Crippen LogP contribution in [0, 0.1) is 5.92 Å². The van der Waals surface area contributed by atoms with Crippen LogP contribution in [0.3, 0.4) is 0 Å². The summed E-state index contributed by atoms with van der Waals surface area (Å²) >= 11 is 3.29. The summed E-state index contributed by atoms with van der Waals surface area (Å²) in [6.07, 6.45) is 1.46. The molecule has 55 valence electrons. The molecule has 9 heavy (non-hydrogen) atoms. The third kappa shape index (κ3) is 4.91. The van der Waals surface area contributed by atoms with Gasteiger partial charge >= 0.3 is 0 Å². The second kappa shape index (κ2) is 5.24. The summed E-state index contributed by atoms with van der Waals surface area (Å²) in [7, 11) is 0. The van der Waals surface area contributed by atoms with Crippen LogP contribution in [0.15, 0.2) is 0 Å². The van der Waals surface area contributed by atoms with E-state index in [4.69, 9.17) is 0 Å². The van der Waals surface area contributed by atoms with Gasteiger partial charge in [-0.05, 0) is 18.8 Å². The fourth-order valence-electron chi connectivity index (χ4n) is 0.612. The van der Waals surface area contributed by atoms with Crippen LogP contribution in [0.2, 0.25) is 0 Å². The maximum absolute atomic E-state index is 11.0. The van der Waals surface area contributed by atoms with Gasteiger partial charge in [-0.15, -0.1) is 0 Å². The molecule has 0 aliphatic rings. The number of alkyl halides is 1. The van der Waals surface area contributed by atoms with Gasteiger partial charge in [-0.25, -0.2) is 5.11 Å². The van der Waals surface area contributed by atoms with E-state index in [0.717, 1.165) is 18.2 Å². The summed E-state index contributed by atoms with van der Waals surface area (Å²) in [5.74, 6) is 0.295. The van der Waals surface area contributed by atoms with Crippen LogP contribution in [0.5, 0.6) is 0 Å². The average molecular weight is 194 g/mol. The zero-order valence-corrected chi connectivity index (χ0v) is 7.65. The summed E-state index contributed by atoms with van der Waals surface area (Å²) in [6.45, 7) is 3.96. The minimum atomic E-state index is -0.359. The maximum atomic E-state index is 11.0. The van der Waals surface area contributed by atoms with E-state index in [1.807, 2.05) is 13.8 Å². The summed E-state index contributed by atoms with van der Waals surface area (Å²) in [6, 6.07) is 0. The smallest absolute Gasteiger partial charge is 0.0953 e. The van der Waals surface area contributed by atoms with Crippen molar-refractivity contribution >= 4 is 15.9 Å². The van der Waals surface area contributed by atoms with Crippen molar-refractivity contribution in [2.24, 2.45) is 5.92 Å². The second-order valence-electron chi connectivity index (χ2n) is 2.61. The van der Waals surface area contributed by atoms with Gasteiger partial charge in [-0.1, -0.05) is 29.8 Å². The Balaban J connectivity index is 3.16. The van der Waals surface area contributed by atoms with E-state index in [-0.39, 0.29) is 6.10 Å². The minimum Gasteiger partial charge on any atom is -0.233 e. The molecule has 0 heterocycles. The normalized spacial score (nSPS) is 14.3. The first-order valence-corrected chi connectivity index (χ1v) is 4.52. The molecule has 0 aromatic rings. The van der Waals surface area contributed by atoms with Gasteiger partial charge in [-0.2, -0.15) is 0 Å². The first-order chi connectivity index (χ1) is 4.18. The number of halogens is 1. The number of hydrogen-bond acceptors (Lipinski definition) is 0. The lowest BCUT2D eigenvalue weighted by Gasteiger charge is -2.09. The van der Waals surface area contributed by atoms with Crippen LogP contribution in [-0.2, 0) is 5.11 Å². The van der Waals surface area contributed by atoms with Crippen molar-refractivity contribution in [3.8, 4) is 0 Å². The van der Waals surface area contributed by atoms with Crippen LogP contribution in [0.4, 0.5) is 0 Å². The Morgan fingerprint density at radius 1 is 1.44 bits per heavy atom. The molecule has 1 radical (unpaired) electrons. The van der Waals surface area contributed by atoms with Crippen molar-refractivity contribution < 1.29 is 5.11 Å². The van der Waals surface area contributed by atoms with Crippen molar-refractivity contribution in [3.63, 3.8) is 0 Å². The van der Waals surface area contributed by atoms with E-state index in [0.29, 0.717) is 5.92 Å². The van der Waals surface area contributed by atoms with Crippen molar-refractivity contribution in [1.82, 2.24) is 0 Å². The molecule has 1 nitrogen and oxygen atoms in total. The molecule has 0 aromatic heterocycles. The molecule has 0 bridgehead atoms. The average Bonchev–Trinajstić information content (AvgIpc) is 1.82. The fourth-order valence-corrected chi connectivity index (χ4v) is 0.935. The third-order valence-electron chi connectivity index (χ3n) is 1.37. The summed E-state index contributed by atoms with van der Waals surface area (Å²) < 4.78 is 0. The Hall–Kier alpha value is 0.440. The zero-order chi connectivity index (χ0) is 7.28. The molecular weight excluding hydrogens is 180 g/mol. The number of rotatable bonds is 4. The standard InChI is InChI=1S/C7H14BrO/c1-6(2)7(9)4-3-5-8/h6-7H,3-5H2,1-2H3. The monoisotopic (exact) mass is 193 g/mol. The minimum absolute atomic E-state index is 0.295. The Morgan fingerprint density at radius 3 is 2.33 bits per heavy atom. The van der Waals surface area contributed by atoms with E-state index in [1.54, 1.807) is 0 Å². The fraction of sp³-hybridized carbons (Fsp3) is 1.00. The molecule has 0 amide bonds. The highest BCUT2D eigenvalue weighted by Gasteiger charge is 2.09. The predicted octanol–water partition coefficient (Wildman–Crippen LogP) is 2.62. The quantitative estimate of drug-likeness (QED) is 0.613. The SMILES string of the molecule is CC(C)C([O])CCCBr. The van der Waals surface area contributed by atoms with Gasteiger partial charge in [0.1, 0.15) is 0 Å². The Labute approximate surface area is 65.6 Å². The van der Waals surface area contributed by atoms with Crippen LogP contribution < -0.4 is 0 Å².